The smallest absolute Gasteiger partial charge is 0.248 e. The number of nitrogens with one attached hydrogen (secondary N) is 1. The van der Waals surface area contributed by atoms with Crippen LogP contribution in [0, 0.1) is 0 Å². The zero-order valence-electron chi connectivity index (χ0n) is 19.8. The molecular formula is C27H31N5O2. The van der Waals surface area contributed by atoms with Crippen LogP contribution in [-0.2, 0) is 11.2 Å². The Bertz CT molecular complexity index is 1220. The van der Waals surface area contributed by atoms with Crippen LogP contribution in [0.4, 0.5) is 17.1 Å². The Hall–Kier alpha value is -3.42. The van der Waals surface area contributed by atoms with Gasteiger partial charge < -0.3 is 19.9 Å². The molecule has 0 atom stereocenters. The first-order valence-corrected chi connectivity index (χ1v) is 11.8. The Morgan fingerprint density at radius 1 is 1.09 bits per heavy atom. The van der Waals surface area contributed by atoms with Gasteiger partial charge in [-0.25, -0.2) is 0 Å². The number of pyridine rings is 1. The first-order chi connectivity index (χ1) is 16.6. The Balaban J connectivity index is 1.37. The van der Waals surface area contributed by atoms with Gasteiger partial charge in [0, 0.05) is 68.7 Å². The van der Waals surface area contributed by atoms with Gasteiger partial charge in [0.05, 0.1) is 24.0 Å². The number of benzene rings is 2. The predicted octanol–water partition coefficient (Wildman–Crippen LogP) is 3.68. The van der Waals surface area contributed by atoms with Gasteiger partial charge in [-0.1, -0.05) is 24.3 Å². The van der Waals surface area contributed by atoms with Crippen molar-refractivity contribution in [1.29, 1.82) is 0 Å². The molecule has 7 nitrogen and oxygen atoms in total. The average molecular weight is 458 g/mol. The SMILES string of the molecule is COc1cc2nccc(N3CCc4ccccc43)c2cc1NC(=O)C=CCN1CCN(C)CC1. The molecule has 2 aromatic carbocycles. The van der Waals surface area contributed by atoms with Gasteiger partial charge in [-0.15, -0.1) is 0 Å². The Morgan fingerprint density at radius 3 is 2.74 bits per heavy atom. The summed E-state index contributed by atoms with van der Waals surface area (Å²) in [7, 11) is 3.75. The molecule has 5 rings (SSSR count). The highest BCUT2D eigenvalue weighted by Gasteiger charge is 2.22. The number of para-hydroxylation sites is 1. The molecule has 0 aliphatic carbocycles. The third kappa shape index (κ3) is 4.62. The number of rotatable bonds is 6. The molecule has 1 amide bonds. The lowest BCUT2D eigenvalue weighted by atomic mass is 10.1. The van der Waals surface area contributed by atoms with Crippen LogP contribution in [0.15, 0.2) is 60.8 Å². The summed E-state index contributed by atoms with van der Waals surface area (Å²) in [5, 5.41) is 3.99. The van der Waals surface area contributed by atoms with Gasteiger partial charge in [-0.2, -0.15) is 0 Å². The maximum Gasteiger partial charge on any atom is 0.248 e. The molecule has 2 aliphatic rings. The van der Waals surface area contributed by atoms with E-state index < -0.39 is 0 Å². The molecule has 1 saturated heterocycles. The van der Waals surface area contributed by atoms with E-state index in [4.69, 9.17) is 4.74 Å². The third-order valence-electron chi connectivity index (χ3n) is 6.70. The number of hydrogen-bond donors (Lipinski definition) is 1. The van der Waals surface area contributed by atoms with E-state index in [1.165, 1.54) is 11.3 Å². The van der Waals surface area contributed by atoms with Crippen molar-refractivity contribution in [2.75, 3.05) is 63.6 Å². The van der Waals surface area contributed by atoms with Gasteiger partial charge in [-0.3, -0.25) is 14.7 Å². The molecule has 1 fully saturated rings. The molecule has 2 aliphatic heterocycles. The van der Waals surface area contributed by atoms with E-state index in [9.17, 15) is 4.79 Å². The van der Waals surface area contributed by atoms with Gasteiger partial charge in [0.25, 0.3) is 0 Å². The number of nitrogens with zero attached hydrogens (tertiary/aromatic N) is 4. The maximum absolute atomic E-state index is 12.7. The molecule has 3 aromatic rings. The van der Waals surface area contributed by atoms with Crippen molar-refractivity contribution in [3.63, 3.8) is 0 Å². The Labute approximate surface area is 200 Å². The third-order valence-corrected chi connectivity index (χ3v) is 6.70. The zero-order valence-corrected chi connectivity index (χ0v) is 19.8. The summed E-state index contributed by atoms with van der Waals surface area (Å²) >= 11 is 0. The number of likely N-dealkylation sites (N-methyl/N-ethyl adjacent to an activating group) is 1. The van der Waals surface area contributed by atoms with Crippen molar-refractivity contribution < 1.29 is 9.53 Å². The highest BCUT2D eigenvalue weighted by molar-refractivity contribution is 6.04. The quantitative estimate of drug-likeness (QED) is 0.570. The summed E-state index contributed by atoms with van der Waals surface area (Å²) in [6, 6.07) is 14.4. The van der Waals surface area contributed by atoms with Crippen molar-refractivity contribution in [3.8, 4) is 5.75 Å². The molecule has 0 spiro atoms. The second-order valence-electron chi connectivity index (χ2n) is 8.93. The summed E-state index contributed by atoms with van der Waals surface area (Å²) in [4.78, 5) is 24.3. The summed E-state index contributed by atoms with van der Waals surface area (Å²) in [5.74, 6) is 0.434. The van der Waals surface area contributed by atoms with Crippen LogP contribution in [-0.4, -0.2) is 74.1 Å². The minimum atomic E-state index is -0.163. The van der Waals surface area contributed by atoms with Crippen LogP contribution < -0.4 is 15.0 Å². The van der Waals surface area contributed by atoms with Crippen molar-refractivity contribution in [3.05, 3.63) is 66.4 Å². The van der Waals surface area contributed by atoms with Crippen LogP contribution in [0.5, 0.6) is 5.75 Å². The number of carbonyl (C=O) groups excluding carboxylic acids is 1. The standard InChI is InChI=1S/C27H31N5O2/c1-30-14-16-31(17-15-30)12-5-8-27(33)29-23-18-21-22(19-26(23)34-2)28-11-9-25(21)32-13-10-20-6-3-4-7-24(20)32/h3-9,11,18-19H,10,12-17H2,1-2H3,(H,29,33). The van der Waals surface area contributed by atoms with Crippen molar-refractivity contribution in [1.82, 2.24) is 14.8 Å². The molecule has 1 N–H and O–H groups in total. The van der Waals surface area contributed by atoms with Crippen LogP contribution in [0.25, 0.3) is 10.9 Å². The molecular weight excluding hydrogens is 426 g/mol. The average Bonchev–Trinajstić information content (AvgIpc) is 3.28. The minimum Gasteiger partial charge on any atom is -0.494 e. The van der Waals surface area contributed by atoms with Gasteiger partial charge in [0.15, 0.2) is 0 Å². The first kappa shape index (κ1) is 22.4. The summed E-state index contributed by atoms with van der Waals surface area (Å²) in [6.07, 6.45) is 6.39. The van der Waals surface area contributed by atoms with Crippen LogP contribution >= 0.6 is 0 Å². The van der Waals surface area contributed by atoms with Gasteiger partial charge in [0.1, 0.15) is 5.75 Å². The lowest BCUT2D eigenvalue weighted by Gasteiger charge is -2.31. The fourth-order valence-corrected chi connectivity index (χ4v) is 4.76. The fraction of sp³-hybridized carbons (Fsp3) is 0.333. The highest BCUT2D eigenvalue weighted by atomic mass is 16.5. The summed E-state index contributed by atoms with van der Waals surface area (Å²) in [5.41, 5.74) is 5.13. The Kier molecular flexibility index (Phi) is 6.47. The highest BCUT2D eigenvalue weighted by Crippen LogP contribution is 2.40. The van der Waals surface area contributed by atoms with Crippen molar-refractivity contribution in [2.45, 2.75) is 6.42 Å². The fourth-order valence-electron chi connectivity index (χ4n) is 4.76. The summed E-state index contributed by atoms with van der Waals surface area (Å²) < 4.78 is 5.58. The molecule has 0 bridgehead atoms. The van der Waals surface area contributed by atoms with Crippen LogP contribution in [0.2, 0.25) is 0 Å². The molecule has 0 unspecified atom stereocenters. The molecule has 0 saturated carbocycles. The normalized spacial score (nSPS) is 16.8. The number of amides is 1. The molecule has 7 heteroatoms. The summed E-state index contributed by atoms with van der Waals surface area (Å²) in [6.45, 7) is 5.87. The number of carbonyl (C=O) groups is 1. The number of fused-ring (bicyclic) bond motifs is 2. The molecule has 176 valence electrons. The van der Waals surface area contributed by atoms with Crippen molar-refractivity contribution in [2.24, 2.45) is 0 Å². The zero-order chi connectivity index (χ0) is 23.5. The maximum atomic E-state index is 12.7. The van der Waals surface area contributed by atoms with Crippen LogP contribution in [0.3, 0.4) is 0 Å². The number of piperazine rings is 1. The predicted molar refractivity (Wildman–Crippen MR) is 137 cm³/mol. The van der Waals surface area contributed by atoms with E-state index in [-0.39, 0.29) is 5.91 Å². The molecule has 34 heavy (non-hydrogen) atoms. The number of ether oxygens (including phenoxy) is 1. The van der Waals surface area contributed by atoms with Gasteiger partial charge >= 0.3 is 0 Å². The lowest BCUT2D eigenvalue weighted by molar-refractivity contribution is -0.111. The van der Waals surface area contributed by atoms with E-state index in [0.29, 0.717) is 11.4 Å². The monoisotopic (exact) mass is 457 g/mol. The minimum absolute atomic E-state index is 0.163. The van der Waals surface area contributed by atoms with Crippen LogP contribution in [0.1, 0.15) is 5.56 Å². The van der Waals surface area contributed by atoms with E-state index >= 15 is 0 Å². The van der Waals surface area contributed by atoms with Crippen molar-refractivity contribution >= 4 is 33.9 Å². The van der Waals surface area contributed by atoms with E-state index in [0.717, 1.165) is 62.3 Å². The van der Waals surface area contributed by atoms with E-state index in [2.05, 4.69) is 56.3 Å². The van der Waals surface area contributed by atoms with Gasteiger partial charge in [-0.05, 0) is 37.2 Å². The lowest BCUT2D eigenvalue weighted by Crippen LogP contribution is -2.44. The van der Waals surface area contributed by atoms with Gasteiger partial charge in [0.2, 0.25) is 5.91 Å². The first-order valence-electron chi connectivity index (χ1n) is 11.8. The molecule has 0 radical (unpaired) electrons. The second kappa shape index (κ2) is 9.83. The number of methoxy groups -OCH3 is 1. The van der Waals surface area contributed by atoms with E-state index in [1.807, 2.05) is 30.5 Å². The second-order valence-corrected chi connectivity index (χ2v) is 8.93. The number of hydrogen-bond acceptors (Lipinski definition) is 6. The molecule has 1 aromatic heterocycles. The topological polar surface area (TPSA) is 60.9 Å². The largest absolute Gasteiger partial charge is 0.494 e. The number of anilines is 3. The van der Waals surface area contributed by atoms with E-state index in [1.54, 1.807) is 13.2 Å². The molecule has 3 heterocycles. The Morgan fingerprint density at radius 2 is 1.91 bits per heavy atom. The number of aromatic nitrogens is 1.